The highest BCUT2D eigenvalue weighted by Gasteiger charge is 2.22. The number of esters is 2. The van der Waals surface area contributed by atoms with Gasteiger partial charge in [-0.2, -0.15) is 0 Å². The maximum Gasteiger partial charge on any atom is 0.306 e. The summed E-state index contributed by atoms with van der Waals surface area (Å²) >= 11 is 0. The van der Waals surface area contributed by atoms with E-state index in [1.807, 2.05) is 21.1 Å². The molecule has 0 aliphatic rings. The van der Waals surface area contributed by atoms with E-state index in [2.05, 4.69) is 62.5 Å². The monoisotopic (exact) mass is 1030 g/mol. The van der Waals surface area contributed by atoms with Crippen LogP contribution in [0.1, 0.15) is 284 Å². The molecule has 0 amide bonds. The number of ether oxygens (including phenoxy) is 4. The van der Waals surface area contributed by atoms with Gasteiger partial charge in [0.25, 0.3) is 0 Å². The van der Waals surface area contributed by atoms with Crippen LogP contribution in [-0.4, -0.2) is 82.3 Å². The topological polar surface area (TPSA) is 111 Å². The van der Waals surface area contributed by atoms with E-state index in [0.717, 1.165) is 70.6 Å². The Morgan fingerprint density at radius 2 is 0.740 bits per heavy atom. The normalized spacial score (nSPS) is 13.1. The zero-order valence-electron chi connectivity index (χ0n) is 48.5. The predicted octanol–water partition coefficient (Wildman–Crippen LogP) is 16.9. The van der Waals surface area contributed by atoms with Crippen LogP contribution in [0.3, 0.4) is 0 Å². The highest BCUT2D eigenvalue weighted by atomic mass is 16.7. The highest BCUT2D eigenvalue weighted by Crippen LogP contribution is 2.16. The molecule has 426 valence electrons. The van der Waals surface area contributed by atoms with Gasteiger partial charge in [-0.15, -0.1) is 0 Å². The van der Waals surface area contributed by atoms with E-state index in [4.69, 9.17) is 18.9 Å². The summed E-state index contributed by atoms with van der Waals surface area (Å²) in [6.45, 7) is 4.75. The van der Waals surface area contributed by atoms with Gasteiger partial charge in [0, 0.05) is 12.8 Å². The van der Waals surface area contributed by atoms with E-state index in [0.29, 0.717) is 23.9 Å². The molecule has 0 N–H and O–H groups in total. The molecule has 0 aromatic rings. The van der Waals surface area contributed by atoms with Gasteiger partial charge in [-0.3, -0.25) is 9.59 Å². The number of allylic oxidation sites excluding steroid dienone is 8. The van der Waals surface area contributed by atoms with Gasteiger partial charge in [-0.1, -0.05) is 242 Å². The molecule has 9 nitrogen and oxygen atoms in total. The first kappa shape index (κ1) is 70.2. The zero-order chi connectivity index (χ0) is 53.4. The fourth-order valence-corrected chi connectivity index (χ4v) is 8.78. The van der Waals surface area contributed by atoms with Crippen LogP contribution in [-0.2, 0) is 33.3 Å². The summed E-state index contributed by atoms with van der Waals surface area (Å²) in [4.78, 5) is 37.3. The molecule has 0 radical (unpaired) electrons. The lowest BCUT2D eigenvalue weighted by atomic mass is 10.0. The number of aliphatic carboxylic acids is 1. The van der Waals surface area contributed by atoms with Gasteiger partial charge in [0.1, 0.15) is 13.2 Å². The number of carboxylic acids is 1. The minimum absolute atomic E-state index is 0.145. The number of quaternary nitrogens is 1. The summed E-state index contributed by atoms with van der Waals surface area (Å²) in [5.41, 5.74) is 0. The number of carboxylic acid groups (broad SMARTS) is 1. The Morgan fingerprint density at radius 3 is 1.11 bits per heavy atom. The molecular formula is C64H117NO8. The second-order valence-electron chi connectivity index (χ2n) is 22.0. The number of hydrogen-bond acceptors (Lipinski definition) is 8. The van der Waals surface area contributed by atoms with Crippen molar-refractivity contribution >= 4 is 17.9 Å². The minimum Gasteiger partial charge on any atom is -0.545 e. The van der Waals surface area contributed by atoms with Crippen molar-refractivity contribution in [1.82, 2.24) is 0 Å². The number of carbonyl (C=O) groups excluding carboxylic acids is 3. The second kappa shape index (κ2) is 55.5. The lowest BCUT2D eigenvalue weighted by Gasteiger charge is -2.26. The van der Waals surface area contributed by atoms with Crippen LogP contribution in [0.2, 0.25) is 0 Å². The molecule has 2 unspecified atom stereocenters. The molecule has 73 heavy (non-hydrogen) atoms. The molecule has 0 aromatic heterocycles. The highest BCUT2D eigenvalue weighted by molar-refractivity contribution is 5.70. The second-order valence-corrected chi connectivity index (χ2v) is 22.0. The molecule has 0 saturated heterocycles. The molecule has 0 bridgehead atoms. The van der Waals surface area contributed by atoms with E-state index < -0.39 is 24.3 Å². The van der Waals surface area contributed by atoms with Gasteiger partial charge in [0.15, 0.2) is 12.4 Å². The molecular weight excluding hydrogens is 911 g/mol. The Labute approximate surface area is 451 Å². The van der Waals surface area contributed by atoms with Gasteiger partial charge < -0.3 is 33.3 Å². The van der Waals surface area contributed by atoms with Gasteiger partial charge in [0.05, 0.1) is 40.3 Å². The summed E-state index contributed by atoms with van der Waals surface area (Å²) in [6.07, 6.45) is 65.9. The third-order valence-corrected chi connectivity index (χ3v) is 13.5. The van der Waals surface area contributed by atoms with Crippen molar-refractivity contribution in [1.29, 1.82) is 0 Å². The molecule has 0 aromatic carbocycles. The van der Waals surface area contributed by atoms with Crippen molar-refractivity contribution in [3.05, 3.63) is 48.6 Å². The molecule has 9 heteroatoms. The van der Waals surface area contributed by atoms with Crippen LogP contribution in [0.25, 0.3) is 0 Å². The van der Waals surface area contributed by atoms with Crippen LogP contribution < -0.4 is 5.11 Å². The largest absolute Gasteiger partial charge is 0.545 e. The number of unbranched alkanes of at least 4 members (excludes halogenated alkanes) is 34. The van der Waals surface area contributed by atoms with E-state index in [9.17, 15) is 19.5 Å². The fourth-order valence-electron chi connectivity index (χ4n) is 8.78. The van der Waals surface area contributed by atoms with Crippen molar-refractivity contribution in [3.63, 3.8) is 0 Å². The summed E-state index contributed by atoms with van der Waals surface area (Å²) in [5, 5.41) is 11.8. The van der Waals surface area contributed by atoms with Crippen LogP contribution in [0.5, 0.6) is 0 Å². The summed E-state index contributed by atoms with van der Waals surface area (Å²) in [6, 6.07) is 0. The van der Waals surface area contributed by atoms with Crippen molar-refractivity contribution in [3.8, 4) is 0 Å². The average molecular weight is 1030 g/mol. The van der Waals surface area contributed by atoms with Crippen LogP contribution in [0.4, 0.5) is 0 Å². The summed E-state index contributed by atoms with van der Waals surface area (Å²) in [7, 11) is 5.92. The predicted molar refractivity (Wildman–Crippen MR) is 306 cm³/mol. The lowest BCUT2D eigenvalue weighted by molar-refractivity contribution is -0.870. The smallest absolute Gasteiger partial charge is 0.306 e. The molecule has 0 rings (SSSR count). The van der Waals surface area contributed by atoms with Crippen molar-refractivity contribution in [2.45, 2.75) is 296 Å². The number of hydrogen-bond donors (Lipinski definition) is 0. The minimum atomic E-state index is -1.63. The first-order valence-corrected chi connectivity index (χ1v) is 30.8. The number of likely N-dealkylation sites (N-methyl/N-ethyl adjacent to an activating group) is 1. The number of rotatable bonds is 57. The van der Waals surface area contributed by atoms with Crippen LogP contribution in [0.15, 0.2) is 48.6 Å². The molecule has 0 aliphatic carbocycles. The molecule has 0 heterocycles. The molecule has 2 atom stereocenters. The molecule has 0 spiro atoms. The molecule has 0 saturated carbocycles. The Hall–Kier alpha value is -2.75. The van der Waals surface area contributed by atoms with Crippen LogP contribution in [0, 0.1) is 0 Å². The van der Waals surface area contributed by atoms with E-state index in [-0.39, 0.29) is 32.2 Å². The first-order chi connectivity index (χ1) is 35.6. The Morgan fingerprint density at radius 1 is 0.411 bits per heavy atom. The van der Waals surface area contributed by atoms with Crippen molar-refractivity contribution in [2.75, 3.05) is 47.5 Å². The quantitative estimate of drug-likeness (QED) is 0.0195. The Balaban J connectivity index is 4.20. The maximum absolute atomic E-state index is 12.9. The third-order valence-electron chi connectivity index (χ3n) is 13.5. The van der Waals surface area contributed by atoms with E-state index in [1.54, 1.807) is 0 Å². The Bertz CT molecular complexity index is 1340. The number of nitrogens with zero attached hydrogens (tertiary/aromatic N) is 1. The Kier molecular flexibility index (Phi) is 53.4. The third kappa shape index (κ3) is 56.8. The van der Waals surface area contributed by atoms with Gasteiger partial charge in [-0.05, 0) is 77.0 Å². The molecule has 0 aliphatic heterocycles. The van der Waals surface area contributed by atoms with Gasteiger partial charge in [0.2, 0.25) is 0 Å². The van der Waals surface area contributed by atoms with Gasteiger partial charge in [-0.25, -0.2) is 0 Å². The SMILES string of the molecule is CCCCCCC/C=C\C/C=C\C/C=C\CCCCCCCCC(=O)OC(COC(=O)CCCCCCCCCCCCCCCCC/C=C\CCCCCCCCCC)COC(OCC[N+](C)(C)C)C(=O)[O-]. The average Bonchev–Trinajstić information content (AvgIpc) is 3.36. The van der Waals surface area contributed by atoms with Crippen molar-refractivity contribution < 1.29 is 42.9 Å². The molecule has 0 fully saturated rings. The standard InChI is InChI=1S/C64H117NO8/c1-6-8-10-12-14-16-18-20-22-24-26-28-29-30-31-32-33-35-36-38-40-42-44-46-48-50-52-54-61(66)71-58-60(59-72-64(63(68)69)70-57-56-65(3,4)5)73-62(67)55-53-51-49-47-45-43-41-39-37-34-27-25-23-21-19-17-15-13-11-9-7-2/h19,21,24-27,37,39,60,64H,6-18,20,22-23,28-36,38,40-59H2,1-5H3/b21-19-,26-24-,27-25-,39-37-. The fraction of sp³-hybridized carbons (Fsp3) is 0.828. The number of carbonyl (C=O) groups is 3. The first-order valence-electron chi connectivity index (χ1n) is 30.8. The maximum atomic E-state index is 12.9. The van der Waals surface area contributed by atoms with Crippen LogP contribution >= 0.6 is 0 Å². The summed E-state index contributed by atoms with van der Waals surface area (Å²) < 4.78 is 22.7. The van der Waals surface area contributed by atoms with Gasteiger partial charge >= 0.3 is 11.9 Å². The van der Waals surface area contributed by atoms with E-state index >= 15 is 0 Å². The summed E-state index contributed by atoms with van der Waals surface area (Å²) in [5.74, 6) is -2.29. The van der Waals surface area contributed by atoms with Crippen molar-refractivity contribution in [2.24, 2.45) is 0 Å². The zero-order valence-corrected chi connectivity index (χ0v) is 48.5. The van der Waals surface area contributed by atoms with E-state index in [1.165, 1.54) is 180 Å². The lowest BCUT2D eigenvalue weighted by Crippen LogP contribution is -2.44.